The molecule has 1 aliphatic rings. The van der Waals surface area contributed by atoms with Gasteiger partial charge in [-0.2, -0.15) is 0 Å². The Labute approximate surface area is 135 Å². The fourth-order valence-electron chi connectivity index (χ4n) is 2.85. The van der Waals surface area contributed by atoms with Crippen LogP contribution < -0.4 is 5.32 Å². The highest BCUT2D eigenvalue weighted by atomic mass is 16.1. The van der Waals surface area contributed by atoms with Crippen LogP contribution in [0.15, 0.2) is 54.6 Å². The SMILES string of the molecule is Cc1ccccc1-c1cc(C(=O)NC2CC2)c2ccccc2n1. The van der Waals surface area contributed by atoms with E-state index < -0.39 is 0 Å². The Kier molecular flexibility index (Phi) is 3.34. The molecule has 1 fully saturated rings. The summed E-state index contributed by atoms with van der Waals surface area (Å²) in [4.78, 5) is 17.4. The Bertz CT molecular complexity index is 897. The summed E-state index contributed by atoms with van der Waals surface area (Å²) in [6.07, 6.45) is 2.17. The molecular weight excluding hydrogens is 284 g/mol. The van der Waals surface area contributed by atoms with E-state index in [0.717, 1.165) is 40.6 Å². The molecule has 1 N–H and O–H groups in total. The lowest BCUT2D eigenvalue weighted by Crippen LogP contribution is -2.25. The fraction of sp³-hybridized carbons (Fsp3) is 0.200. The Hall–Kier alpha value is -2.68. The van der Waals surface area contributed by atoms with Crippen LogP contribution in [0.2, 0.25) is 0 Å². The molecule has 0 radical (unpaired) electrons. The standard InChI is InChI=1S/C20H18N2O/c1-13-6-2-3-7-15(13)19-12-17(20(23)21-14-10-11-14)16-8-4-5-9-18(16)22-19/h2-9,12,14H,10-11H2,1H3,(H,21,23). The maximum atomic E-state index is 12.6. The first-order chi connectivity index (χ1) is 11.2. The minimum absolute atomic E-state index is 0.000865. The lowest BCUT2D eigenvalue weighted by molar-refractivity contribution is 0.0952. The van der Waals surface area contributed by atoms with Crippen LogP contribution in [0.4, 0.5) is 0 Å². The number of pyridine rings is 1. The maximum Gasteiger partial charge on any atom is 0.252 e. The summed E-state index contributed by atoms with van der Waals surface area (Å²) < 4.78 is 0. The number of carbonyl (C=O) groups excluding carboxylic acids is 1. The van der Waals surface area contributed by atoms with Crippen LogP contribution in [0.1, 0.15) is 28.8 Å². The molecule has 0 atom stereocenters. The van der Waals surface area contributed by atoms with Crippen LogP contribution in [0.25, 0.3) is 22.2 Å². The summed E-state index contributed by atoms with van der Waals surface area (Å²) in [7, 11) is 0. The van der Waals surface area contributed by atoms with Crippen molar-refractivity contribution in [1.29, 1.82) is 0 Å². The van der Waals surface area contributed by atoms with Gasteiger partial charge in [-0.3, -0.25) is 4.79 Å². The van der Waals surface area contributed by atoms with Crippen molar-refractivity contribution in [2.24, 2.45) is 0 Å². The van der Waals surface area contributed by atoms with Crippen molar-refractivity contribution < 1.29 is 4.79 Å². The van der Waals surface area contributed by atoms with Crippen molar-refractivity contribution in [3.05, 3.63) is 65.7 Å². The zero-order valence-electron chi connectivity index (χ0n) is 13.0. The number of carbonyl (C=O) groups is 1. The van der Waals surface area contributed by atoms with Gasteiger partial charge in [0.25, 0.3) is 5.91 Å². The third-order valence-corrected chi connectivity index (χ3v) is 4.29. The van der Waals surface area contributed by atoms with Gasteiger partial charge in [0.15, 0.2) is 0 Å². The van der Waals surface area contributed by atoms with Gasteiger partial charge < -0.3 is 5.32 Å². The molecule has 0 bridgehead atoms. The number of hydrogen-bond donors (Lipinski definition) is 1. The number of hydrogen-bond acceptors (Lipinski definition) is 2. The molecule has 1 heterocycles. The van der Waals surface area contributed by atoms with Crippen LogP contribution >= 0.6 is 0 Å². The monoisotopic (exact) mass is 302 g/mol. The van der Waals surface area contributed by atoms with E-state index in [1.807, 2.05) is 42.5 Å². The molecule has 4 rings (SSSR count). The van der Waals surface area contributed by atoms with Crippen molar-refractivity contribution in [3.8, 4) is 11.3 Å². The van der Waals surface area contributed by atoms with Crippen molar-refractivity contribution in [2.75, 3.05) is 0 Å². The molecule has 3 heteroatoms. The third-order valence-electron chi connectivity index (χ3n) is 4.29. The van der Waals surface area contributed by atoms with Crippen LogP contribution in [0, 0.1) is 6.92 Å². The molecule has 0 aliphatic heterocycles. The van der Waals surface area contributed by atoms with Crippen LogP contribution in [0.5, 0.6) is 0 Å². The number of fused-ring (bicyclic) bond motifs is 1. The summed E-state index contributed by atoms with van der Waals surface area (Å²) in [5.74, 6) is 0.000865. The topological polar surface area (TPSA) is 42.0 Å². The molecule has 2 aromatic carbocycles. The van der Waals surface area contributed by atoms with E-state index in [1.165, 1.54) is 0 Å². The molecule has 3 aromatic rings. The molecule has 1 aromatic heterocycles. The van der Waals surface area contributed by atoms with Gasteiger partial charge in [-0.25, -0.2) is 4.98 Å². The number of rotatable bonds is 3. The minimum atomic E-state index is 0.000865. The van der Waals surface area contributed by atoms with Gasteiger partial charge in [0.05, 0.1) is 16.8 Å². The van der Waals surface area contributed by atoms with Gasteiger partial charge in [0.2, 0.25) is 0 Å². The molecule has 3 nitrogen and oxygen atoms in total. The zero-order valence-corrected chi connectivity index (χ0v) is 13.0. The fourth-order valence-corrected chi connectivity index (χ4v) is 2.85. The normalized spacial score (nSPS) is 14.0. The Morgan fingerprint density at radius 1 is 1.09 bits per heavy atom. The molecule has 0 unspecified atom stereocenters. The van der Waals surface area contributed by atoms with Crippen LogP contribution in [0.3, 0.4) is 0 Å². The summed E-state index contributed by atoms with van der Waals surface area (Å²) in [5, 5.41) is 3.99. The van der Waals surface area contributed by atoms with Crippen molar-refractivity contribution >= 4 is 16.8 Å². The Morgan fingerprint density at radius 3 is 2.61 bits per heavy atom. The van der Waals surface area contributed by atoms with E-state index in [-0.39, 0.29) is 5.91 Å². The lowest BCUT2D eigenvalue weighted by atomic mass is 10.0. The van der Waals surface area contributed by atoms with E-state index in [1.54, 1.807) is 0 Å². The number of aryl methyl sites for hydroxylation is 1. The summed E-state index contributed by atoms with van der Waals surface area (Å²) in [5.41, 5.74) is 4.64. The summed E-state index contributed by atoms with van der Waals surface area (Å²) in [6, 6.07) is 18.2. The Morgan fingerprint density at radius 2 is 1.83 bits per heavy atom. The predicted molar refractivity (Wildman–Crippen MR) is 92.4 cm³/mol. The number of para-hydroxylation sites is 1. The second kappa shape index (κ2) is 5.51. The second-order valence-electron chi connectivity index (χ2n) is 6.13. The van der Waals surface area contributed by atoms with E-state index >= 15 is 0 Å². The molecular formula is C20H18N2O. The summed E-state index contributed by atoms with van der Waals surface area (Å²) in [6.45, 7) is 2.07. The smallest absolute Gasteiger partial charge is 0.252 e. The number of amides is 1. The molecule has 1 amide bonds. The first-order valence-electron chi connectivity index (χ1n) is 7.99. The molecule has 1 saturated carbocycles. The highest BCUT2D eigenvalue weighted by molar-refractivity contribution is 6.07. The largest absolute Gasteiger partial charge is 0.349 e. The van der Waals surface area contributed by atoms with Gasteiger partial charge in [0.1, 0.15) is 0 Å². The first-order valence-corrected chi connectivity index (χ1v) is 7.99. The van der Waals surface area contributed by atoms with Crippen LogP contribution in [-0.2, 0) is 0 Å². The average molecular weight is 302 g/mol. The minimum Gasteiger partial charge on any atom is -0.349 e. The molecule has 0 saturated heterocycles. The van der Waals surface area contributed by atoms with E-state index in [2.05, 4.69) is 24.4 Å². The first kappa shape index (κ1) is 13.9. The second-order valence-corrected chi connectivity index (χ2v) is 6.13. The molecule has 0 spiro atoms. The molecule has 1 aliphatic carbocycles. The van der Waals surface area contributed by atoms with Crippen molar-refractivity contribution in [3.63, 3.8) is 0 Å². The molecule has 114 valence electrons. The van der Waals surface area contributed by atoms with Crippen molar-refractivity contribution in [1.82, 2.24) is 10.3 Å². The predicted octanol–water partition coefficient (Wildman–Crippen LogP) is 4.10. The van der Waals surface area contributed by atoms with Gasteiger partial charge >= 0.3 is 0 Å². The van der Waals surface area contributed by atoms with Crippen LogP contribution in [-0.4, -0.2) is 16.9 Å². The third kappa shape index (κ3) is 2.70. The number of aromatic nitrogens is 1. The van der Waals surface area contributed by atoms with Gasteiger partial charge in [-0.15, -0.1) is 0 Å². The number of nitrogens with zero attached hydrogens (tertiary/aromatic N) is 1. The summed E-state index contributed by atoms with van der Waals surface area (Å²) >= 11 is 0. The van der Waals surface area contributed by atoms with Gasteiger partial charge in [0, 0.05) is 17.0 Å². The van der Waals surface area contributed by atoms with Gasteiger partial charge in [-0.05, 0) is 37.5 Å². The zero-order chi connectivity index (χ0) is 15.8. The highest BCUT2D eigenvalue weighted by Crippen LogP contribution is 2.28. The lowest BCUT2D eigenvalue weighted by Gasteiger charge is -2.11. The quantitative estimate of drug-likeness (QED) is 0.791. The van der Waals surface area contributed by atoms with E-state index in [0.29, 0.717) is 11.6 Å². The van der Waals surface area contributed by atoms with E-state index in [9.17, 15) is 4.79 Å². The molecule has 23 heavy (non-hydrogen) atoms. The Balaban J connectivity index is 1.89. The number of benzene rings is 2. The highest BCUT2D eigenvalue weighted by Gasteiger charge is 2.25. The number of nitrogens with one attached hydrogen (secondary N) is 1. The average Bonchev–Trinajstić information content (AvgIpc) is 3.38. The maximum absolute atomic E-state index is 12.6. The van der Waals surface area contributed by atoms with Crippen molar-refractivity contribution in [2.45, 2.75) is 25.8 Å². The van der Waals surface area contributed by atoms with Gasteiger partial charge in [-0.1, -0.05) is 42.5 Å². The van der Waals surface area contributed by atoms with E-state index in [4.69, 9.17) is 4.98 Å².